The number of unbranched alkanes of at least 4 members (excludes halogenated alkanes) is 4. The molecule has 0 N–H and O–H groups in total. The summed E-state index contributed by atoms with van der Waals surface area (Å²) in [6.07, 6.45) is 12.1. The Labute approximate surface area is 134 Å². The second-order valence-electron chi connectivity index (χ2n) is 5.78. The van der Waals surface area contributed by atoms with Gasteiger partial charge in [0.1, 0.15) is 0 Å². The summed E-state index contributed by atoms with van der Waals surface area (Å²) in [7, 11) is -1.94. The lowest BCUT2D eigenvalue weighted by Gasteiger charge is -2.23. The molecule has 0 aromatic rings. The van der Waals surface area contributed by atoms with E-state index in [0.717, 1.165) is 51.7 Å². The van der Waals surface area contributed by atoms with Crippen LogP contribution in [0.25, 0.3) is 0 Å². The Morgan fingerprint density at radius 3 is 1.71 bits per heavy atom. The second-order valence-corrected chi connectivity index (χ2v) is 7.30. The molecule has 0 heterocycles. The minimum atomic E-state index is -1.94. The standard InChI is InChI=1S/C17H38O3Si/c1-5-9-12-14-17(13-8-4)20-21(18-15-10-6-2)19-16-11-7-3/h17,21H,5-16H2,1-4H3. The molecule has 0 rings (SSSR count). The molecule has 1 atom stereocenters. The van der Waals surface area contributed by atoms with Crippen molar-refractivity contribution in [3.63, 3.8) is 0 Å². The van der Waals surface area contributed by atoms with Gasteiger partial charge in [0, 0.05) is 19.3 Å². The zero-order chi connectivity index (χ0) is 15.8. The first-order chi connectivity index (χ1) is 10.3. The maximum Gasteiger partial charge on any atom is 0.484 e. The molecule has 0 aliphatic rings. The van der Waals surface area contributed by atoms with Crippen molar-refractivity contribution < 1.29 is 13.3 Å². The zero-order valence-electron chi connectivity index (χ0n) is 14.9. The number of rotatable bonds is 16. The minimum absolute atomic E-state index is 0.335. The fourth-order valence-corrected chi connectivity index (χ4v) is 3.71. The quantitative estimate of drug-likeness (QED) is 0.292. The third-order valence-electron chi connectivity index (χ3n) is 3.55. The van der Waals surface area contributed by atoms with Crippen LogP contribution in [0.2, 0.25) is 0 Å². The molecular formula is C17H38O3Si. The Hall–Kier alpha value is 0.0969. The molecule has 0 aliphatic heterocycles. The maximum absolute atomic E-state index is 6.23. The maximum atomic E-state index is 6.23. The SMILES string of the molecule is CCCCCC(CCC)O[SiH](OCCCC)OCCCC. The first-order valence-corrected chi connectivity index (χ1v) is 10.6. The van der Waals surface area contributed by atoms with Gasteiger partial charge in [-0.25, -0.2) is 0 Å². The molecule has 3 nitrogen and oxygen atoms in total. The molecule has 0 fully saturated rings. The highest BCUT2D eigenvalue weighted by Crippen LogP contribution is 2.14. The van der Waals surface area contributed by atoms with Gasteiger partial charge in [-0.2, -0.15) is 0 Å². The van der Waals surface area contributed by atoms with Crippen molar-refractivity contribution in [1.82, 2.24) is 0 Å². The van der Waals surface area contributed by atoms with Crippen LogP contribution >= 0.6 is 0 Å². The summed E-state index contributed by atoms with van der Waals surface area (Å²) in [6, 6.07) is 0. The van der Waals surface area contributed by atoms with Gasteiger partial charge in [-0.1, -0.05) is 66.2 Å². The molecule has 0 spiro atoms. The summed E-state index contributed by atoms with van der Waals surface area (Å²) in [5, 5.41) is 0. The first-order valence-electron chi connectivity index (χ1n) is 9.17. The van der Waals surface area contributed by atoms with E-state index in [2.05, 4.69) is 27.7 Å². The molecule has 21 heavy (non-hydrogen) atoms. The topological polar surface area (TPSA) is 27.7 Å². The Bertz CT molecular complexity index is 192. The van der Waals surface area contributed by atoms with E-state index in [1.165, 1.54) is 25.7 Å². The van der Waals surface area contributed by atoms with Crippen molar-refractivity contribution in [3.8, 4) is 0 Å². The Kier molecular flexibility index (Phi) is 16.5. The predicted octanol–water partition coefficient (Wildman–Crippen LogP) is 5.10. The van der Waals surface area contributed by atoms with Crippen LogP contribution in [0.4, 0.5) is 0 Å². The summed E-state index contributed by atoms with van der Waals surface area (Å²) >= 11 is 0. The lowest BCUT2D eigenvalue weighted by Crippen LogP contribution is -2.33. The molecule has 1 unspecified atom stereocenters. The fraction of sp³-hybridized carbons (Fsp3) is 1.00. The van der Waals surface area contributed by atoms with Crippen LogP contribution in [0, 0.1) is 0 Å². The fourth-order valence-electron chi connectivity index (χ4n) is 2.16. The highest BCUT2D eigenvalue weighted by molar-refractivity contribution is 6.36. The molecule has 0 aromatic carbocycles. The highest BCUT2D eigenvalue weighted by atomic mass is 28.3. The molecule has 0 bridgehead atoms. The highest BCUT2D eigenvalue weighted by Gasteiger charge is 2.20. The number of hydrogen-bond acceptors (Lipinski definition) is 3. The summed E-state index contributed by atoms with van der Waals surface area (Å²) < 4.78 is 18.0. The second kappa shape index (κ2) is 16.5. The average Bonchev–Trinajstić information content (AvgIpc) is 2.48. The van der Waals surface area contributed by atoms with Gasteiger partial charge in [0.25, 0.3) is 0 Å². The van der Waals surface area contributed by atoms with Gasteiger partial charge in [0.05, 0.1) is 0 Å². The largest absolute Gasteiger partial charge is 0.484 e. The molecule has 0 radical (unpaired) electrons. The van der Waals surface area contributed by atoms with E-state index >= 15 is 0 Å². The van der Waals surface area contributed by atoms with Crippen LogP contribution in [0.5, 0.6) is 0 Å². The Morgan fingerprint density at radius 1 is 0.667 bits per heavy atom. The zero-order valence-corrected chi connectivity index (χ0v) is 16.0. The van der Waals surface area contributed by atoms with Crippen molar-refractivity contribution in [3.05, 3.63) is 0 Å². The lowest BCUT2D eigenvalue weighted by atomic mass is 10.1. The smallest absolute Gasteiger partial charge is 0.376 e. The van der Waals surface area contributed by atoms with E-state index in [1.54, 1.807) is 0 Å². The van der Waals surface area contributed by atoms with E-state index in [4.69, 9.17) is 13.3 Å². The minimum Gasteiger partial charge on any atom is -0.376 e. The molecule has 0 aliphatic carbocycles. The van der Waals surface area contributed by atoms with Gasteiger partial charge in [0.2, 0.25) is 0 Å². The van der Waals surface area contributed by atoms with Gasteiger partial charge in [-0.05, 0) is 25.7 Å². The van der Waals surface area contributed by atoms with E-state index in [0.29, 0.717) is 6.10 Å². The van der Waals surface area contributed by atoms with Gasteiger partial charge < -0.3 is 13.3 Å². The van der Waals surface area contributed by atoms with Gasteiger partial charge in [-0.3, -0.25) is 0 Å². The van der Waals surface area contributed by atoms with Crippen molar-refractivity contribution >= 4 is 9.53 Å². The molecular weight excluding hydrogens is 280 g/mol. The van der Waals surface area contributed by atoms with Crippen molar-refractivity contribution in [2.24, 2.45) is 0 Å². The summed E-state index contributed by atoms with van der Waals surface area (Å²) in [4.78, 5) is 0. The molecule has 0 aromatic heterocycles. The van der Waals surface area contributed by atoms with Crippen LogP contribution in [0.3, 0.4) is 0 Å². The number of hydrogen-bond donors (Lipinski definition) is 0. The molecule has 0 saturated carbocycles. The van der Waals surface area contributed by atoms with Gasteiger partial charge in [-0.15, -0.1) is 0 Å². The van der Waals surface area contributed by atoms with Crippen LogP contribution in [0.15, 0.2) is 0 Å². The summed E-state index contributed by atoms with van der Waals surface area (Å²) in [6.45, 7) is 10.4. The normalized spacial score (nSPS) is 13.0. The summed E-state index contributed by atoms with van der Waals surface area (Å²) in [5.74, 6) is 0. The Balaban J connectivity index is 4.18. The summed E-state index contributed by atoms with van der Waals surface area (Å²) in [5.41, 5.74) is 0. The van der Waals surface area contributed by atoms with Crippen LogP contribution in [0.1, 0.15) is 91.9 Å². The average molecular weight is 319 g/mol. The van der Waals surface area contributed by atoms with E-state index in [-0.39, 0.29) is 0 Å². The Morgan fingerprint density at radius 2 is 1.24 bits per heavy atom. The molecule has 0 amide bonds. The van der Waals surface area contributed by atoms with Crippen LogP contribution in [-0.4, -0.2) is 28.8 Å². The van der Waals surface area contributed by atoms with Gasteiger partial charge >= 0.3 is 9.53 Å². The van der Waals surface area contributed by atoms with Crippen LogP contribution in [-0.2, 0) is 13.3 Å². The van der Waals surface area contributed by atoms with Crippen LogP contribution < -0.4 is 0 Å². The van der Waals surface area contributed by atoms with Crippen molar-refractivity contribution in [2.45, 2.75) is 98.0 Å². The predicted molar refractivity (Wildman–Crippen MR) is 92.8 cm³/mol. The monoisotopic (exact) mass is 318 g/mol. The van der Waals surface area contributed by atoms with E-state index < -0.39 is 9.53 Å². The third kappa shape index (κ3) is 13.5. The van der Waals surface area contributed by atoms with E-state index in [1.807, 2.05) is 0 Å². The lowest BCUT2D eigenvalue weighted by molar-refractivity contribution is 0.0474. The first kappa shape index (κ1) is 21.1. The molecule has 4 heteroatoms. The van der Waals surface area contributed by atoms with Crippen molar-refractivity contribution in [1.29, 1.82) is 0 Å². The van der Waals surface area contributed by atoms with Gasteiger partial charge in [0.15, 0.2) is 0 Å². The van der Waals surface area contributed by atoms with E-state index in [9.17, 15) is 0 Å². The molecule has 0 saturated heterocycles. The van der Waals surface area contributed by atoms with Crippen molar-refractivity contribution in [2.75, 3.05) is 13.2 Å². The third-order valence-corrected chi connectivity index (χ3v) is 5.17. The molecule has 128 valence electrons.